The smallest absolute Gasteiger partial charge is 0.312 e. The highest BCUT2D eigenvalue weighted by Gasteiger charge is 2.37. The number of hydrazine groups is 1. The van der Waals surface area contributed by atoms with Gasteiger partial charge in [0, 0.05) is 24.2 Å². The van der Waals surface area contributed by atoms with E-state index in [1.807, 2.05) is 31.2 Å². The van der Waals surface area contributed by atoms with E-state index in [4.69, 9.17) is 4.74 Å². The van der Waals surface area contributed by atoms with Crippen LogP contribution in [0, 0.1) is 5.92 Å². The molecule has 2 N–H and O–H groups in total. The summed E-state index contributed by atoms with van der Waals surface area (Å²) in [5.41, 5.74) is 6.71. The highest BCUT2D eigenvalue weighted by Crippen LogP contribution is 2.29. The van der Waals surface area contributed by atoms with Gasteiger partial charge in [-0.2, -0.15) is 0 Å². The molecule has 0 bridgehead atoms. The maximum Gasteiger partial charge on any atom is 0.312 e. The van der Waals surface area contributed by atoms with Crippen molar-refractivity contribution < 1.29 is 23.9 Å². The molecular weight excluding hydrogens is 398 g/mol. The number of para-hydroxylation sites is 1. The molecule has 1 aliphatic heterocycles. The highest BCUT2D eigenvalue weighted by atomic mass is 16.5. The fourth-order valence-corrected chi connectivity index (χ4v) is 3.38. The van der Waals surface area contributed by atoms with Crippen molar-refractivity contribution in [1.29, 1.82) is 0 Å². The standard InChI is InChI=1S/C23H25N3O5/c1-3-16-9-7-8-12-19(16)26-14-18(13-20(26)27)23(30)31-15(2)21(28)24-25-22(29)17-10-5-4-6-11-17/h4-12,15,18H,3,13-14H2,1-2H3,(H,24,28)(H,25,29)/t15-,18-/m1/s1. The fourth-order valence-electron chi connectivity index (χ4n) is 3.38. The lowest BCUT2D eigenvalue weighted by molar-refractivity contribution is -0.158. The molecule has 2 aromatic carbocycles. The first-order valence-electron chi connectivity index (χ1n) is 10.1. The molecule has 2 aromatic rings. The summed E-state index contributed by atoms with van der Waals surface area (Å²) in [4.78, 5) is 50.8. The first-order chi connectivity index (χ1) is 14.9. The van der Waals surface area contributed by atoms with E-state index in [1.54, 1.807) is 35.2 Å². The molecule has 8 nitrogen and oxygen atoms in total. The van der Waals surface area contributed by atoms with Crippen LogP contribution < -0.4 is 15.8 Å². The van der Waals surface area contributed by atoms with E-state index in [0.717, 1.165) is 17.7 Å². The van der Waals surface area contributed by atoms with E-state index >= 15 is 0 Å². The van der Waals surface area contributed by atoms with E-state index in [-0.39, 0.29) is 18.9 Å². The number of aryl methyl sites for hydroxylation is 1. The summed E-state index contributed by atoms with van der Waals surface area (Å²) >= 11 is 0. The van der Waals surface area contributed by atoms with Crippen LogP contribution >= 0.6 is 0 Å². The van der Waals surface area contributed by atoms with Crippen LogP contribution in [0.5, 0.6) is 0 Å². The van der Waals surface area contributed by atoms with E-state index < -0.39 is 29.8 Å². The van der Waals surface area contributed by atoms with Crippen molar-refractivity contribution in [3.8, 4) is 0 Å². The number of hydrogen-bond donors (Lipinski definition) is 2. The summed E-state index contributed by atoms with van der Waals surface area (Å²) < 4.78 is 5.24. The molecule has 3 rings (SSSR count). The first kappa shape index (κ1) is 22.0. The minimum atomic E-state index is -1.13. The Morgan fingerprint density at radius 2 is 1.74 bits per heavy atom. The van der Waals surface area contributed by atoms with Gasteiger partial charge in [0.1, 0.15) is 0 Å². The van der Waals surface area contributed by atoms with E-state index in [2.05, 4.69) is 10.9 Å². The monoisotopic (exact) mass is 423 g/mol. The molecule has 1 fully saturated rings. The van der Waals surface area contributed by atoms with Gasteiger partial charge >= 0.3 is 5.97 Å². The maximum absolute atomic E-state index is 12.5. The Morgan fingerprint density at radius 1 is 1.06 bits per heavy atom. The summed E-state index contributed by atoms with van der Waals surface area (Å²) in [6.45, 7) is 3.61. The van der Waals surface area contributed by atoms with Gasteiger partial charge in [-0.15, -0.1) is 0 Å². The van der Waals surface area contributed by atoms with Crippen LogP contribution in [0.2, 0.25) is 0 Å². The molecule has 0 spiro atoms. The number of amides is 3. The predicted molar refractivity (Wildman–Crippen MR) is 114 cm³/mol. The fraction of sp³-hybridized carbons (Fsp3) is 0.304. The van der Waals surface area contributed by atoms with Crippen molar-refractivity contribution in [1.82, 2.24) is 10.9 Å². The van der Waals surface area contributed by atoms with Gasteiger partial charge in [-0.3, -0.25) is 30.0 Å². The van der Waals surface area contributed by atoms with Gasteiger partial charge in [0.15, 0.2) is 6.10 Å². The SMILES string of the molecule is CCc1ccccc1N1C[C@H](C(=O)O[C@H](C)C(=O)NNC(=O)c2ccccc2)CC1=O. The van der Waals surface area contributed by atoms with Crippen molar-refractivity contribution >= 4 is 29.4 Å². The normalized spacial score (nSPS) is 16.5. The molecule has 1 heterocycles. The number of nitrogens with one attached hydrogen (secondary N) is 2. The van der Waals surface area contributed by atoms with Crippen molar-refractivity contribution in [3.63, 3.8) is 0 Å². The Labute approximate surface area is 180 Å². The summed E-state index contributed by atoms with van der Waals surface area (Å²) in [5.74, 6) is -2.60. The van der Waals surface area contributed by atoms with Gasteiger partial charge in [-0.25, -0.2) is 0 Å². The number of carbonyl (C=O) groups excluding carboxylic acids is 4. The highest BCUT2D eigenvalue weighted by molar-refractivity contribution is 6.00. The molecule has 0 aromatic heterocycles. The van der Waals surface area contributed by atoms with Crippen LogP contribution in [0.4, 0.5) is 5.69 Å². The third-order valence-corrected chi connectivity index (χ3v) is 5.12. The zero-order chi connectivity index (χ0) is 22.4. The predicted octanol–water partition coefficient (Wildman–Crippen LogP) is 1.99. The molecule has 162 valence electrons. The average Bonchev–Trinajstić information content (AvgIpc) is 3.19. The summed E-state index contributed by atoms with van der Waals surface area (Å²) in [5, 5.41) is 0. The Kier molecular flexibility index (Phi) is 7.02. The third kappa shape index (κ3) is 5.28. The van der Waals surface area contributed by atoms with Crippen LogP contribution in [-0.4, -0.2) is 36.3 Å². The molecular formula is C23H25N3O5. The van der Waals surface area contributed by atoms with Crippen LogP contribution in [-0.2, 0) is 25.5 Å². The van der Waals surface area contributed by atoms with Gasteiger partial charge in [0.2, 0.25) is 5.91 Å². The molecule has 0 aliphatic carbocycles. The summed E-state index contributed by atoms with van der Waals surface area (Å²) in [7, 11) is 0. The lowest BCUT2D eigenvalue weighted by Crippen LogP contribution is -2.47. The van der Waals surface area contributed by atoms with E-state index in [9.17, 15) is 19.2 Å². The number of anilines is 1. The largest absolute Gasteiger partial charge is 0.452 e. The number of ether oxygens (including phenoxy) is 1. The van der Waals surface area contributed by atoms with E-state index in [1.165, 1.54) is 6.92 Å². The number of hydrogen-bond acceptors (Lipinski definition) is 5. The molecule has 1 saturated heterocycles. The van der Waals surface area contributed by atoms with Crippen molar-refractivity contribution in [2.24, 2.45) is 5.92 Å². The topological polar surface area (TPSA) is 105 Å². The minimum Gasteiger partial charge on any atom is -0.452 e. The van der Waals surface area contributed by atoms with Crippen LogP contribution in [0.15, 0.2) is 54.6 Å². The first-order valence-corrected chi connectivity index (χ1v) is 10.1. The van der Waals surface area contributed by atoms with Gasteiger partial charge in [-0.05, 0) is 37.1 Å². The van der Waals surface area contributed by atoms with Crippen LogP contribution in [0.3, 0.4) is 0 Å². The second kappa shape index (κ2) is 9.88. The zero-order valence-electron chi connectivity index (χ0n) is 17.5. The number of benzene rings is 2. The second-order valence-electron chi connectivity index (χ2n) is 7.28. The summed E-state index contributed by atoms with van der Waals surface area (Å²) in [6.07, 6.45) is -0.340. The Hall–Kier alpha value is -3.68. The van der Waals surface area contributed by atoms with Crippen molar-refractivity contribution in [3.05, 3.63) is 65.7 Å². The average molecular weight is 423 g/mol. The molecule has 0 saturated carbocycles. The van der Waals surface area contributed by atoms with Gasteiger partial charge in [0.05, 0.1) is 5.92 Å². The number of carbonyl (C=O) groups is 4. The van der Waals surface area contributed by atoms with Crippen LogP contribution in [0.25, 0.3) is 0 Å². The number of esters is 1. The lowest BCUT2D eigenvalue weighted by atomic mass is 10.1. The van der Waals surface area contributed by atoms with Gasteiger partial charge in [0.25, 0.3) is 11.8 Å². The Bertz CT molecular complexity index is 976. The minimum absolute atomic E-state index is 0.0238. The lowest BCUT2D eigenvalue weighted by Gasteiger charge is -2.20. The zero-order valence-corrected chi connectivity index (χ0v) is 17.5. The quantitative estimate of drug-likeness (QED) is 0.546. The van der Waals surface area contributed by atoms with E-state index in [0.29, 0.717) is 5.56 Å². The van der Waals surface area contributed by atoms with Crippen molar-refractivity contribution in [2.75, 3.05) is 11.4 Å². The number of rotatable bonds is 6. The Morgan fingerprint density at radius 3 is 2.45 bits per heavy atom. The van der Waals surface area contributed by atoms with Gasteiger partial charge < -0.3 is 9.64 Å². The number of nitrogens with zero attached hydrogens (tertiary/aromatic N) is 1. The third-order valence-electron chi connectivity index (χ3n) is 5.12. The van der Waals surface area contributed by atoms with Crippen LogP contribution in [0.1, 0.15) is 36.2 Å². The maximum atomic E-state index is 12.5. The molecule has 0 unspecified atom stereocenters. The summed E-state index contributed by atoms with van der Waals surface area (Å²) in [6, 6.07) is 15.9. The Balaban J connectivity index is 1.53. The van der Waals surface area contributed by atoms with Crippen molar-refractivity contribution in [2.45, 2.75) is 32.8 Å². The molecule has 2 atom stereocenters. The molecule has 31 heavy (non-hydrogen) atoms. The molecule has 1 aliphatic rings. The second-order valence-corrected chi connectivity index (χ2v) is 7.28. The molecule has 8 heteroatoms. The van der Waals surface area contributed by atoms with Gasteiger partial charge in [-0.1, -0.05) is 43.3 Å². The molecule has 0 radical (unpaired) electrons. The molecule has 3 amide bonds.